The number of nitrogens with zero attached hydrogens (tertiary/aromatic N) is 3. The summed E-state index contributed by atoms with van der Waals surface area (Å²) in [6.07, 6.45) is 4.70. The smallest absolute Gasteiger partial charge is 0.270 e. The summed E-state index contributed by atoms with van der Waals surface area (Å²) in [6.45, 7) is 7.34. The summed E-state index contributed by atoms with van der Waals surface area (Å²) in [4.78, 5) is 36.8. The van der Waals surface area contributed by atoms with Crippen molar-refractivity contribution in [2.45, 2.75) is 64.0 Å². The van der Waals surface area contributed by atoms with Crippen LogP contribution in [0.2, 0.25) is 0 Å². The molecule has 0 aliphatic carbocycles. The first-order valence-electron chi connectivity index (χ1n) is 11.5. The average molecular weight is 413 g/mol. The molecule has 30 heavy (non-hydrogen) atoms. The Bertz CT molecular complexity index is 856. The van der Waals surface area contributed by atoms with E-state index in [1.165, 1.54) is 6.42 Å². The Hall–Kier alpha value is -2.22. The van der Waals surface area contributed by atoms with Gasteiger partial charge in [0.05, 0.1) is 6.04 Å². The van der Waals surface area contributed by atoms with Crippen LogP contribution in [-0.2, 0) is 11.2 Å². The van der Waals surface area contributed by atoms with Gasteiger partial charge in [-0.1, -0.05) is 13.8 Å². The number of fused-ring (bicyclic) bond motifs is 5. The van der Waals surface area contributed by atoms with Crippen molar-refractivity contribution in [1.29, 1.82) is 0 Å². The van der Waals surface area contributed by atoms with Gasteiger partial charge in [-0.3, -0.25) is 9.59 Å². The van der Waals surface area contributed by atoms with Crippen molar-refractivity contribution in [2.24, 2.45) is 11.8 Å². The lowest BCUT2D eigenvalue weighted by atomic mass is 9.72. The Labute approximate surface area is 177 Å². The van der Waals surface area contributed by atoms with E-state index in [4.69, 9.17) is 4.98 Å². The zero-order valence-electron chi connectivity index (χ0n) is 17.9. The fraction of sp³-hybridized carbons (Fsp3) is 0.727. The highest BCUT2D eigenvalue weighted by atomic mass is 16.2. The Morgan fingerprint density at radius 2 is 2.00 bits per heavy atom. The number of anilines is 1. The van der Waals surface area contributed by atoms with Crippen LogP contribution >= 0.6 is 0 Å². The van der Waals surface area contributed by atoms with Gasteiger partial charge in [0.15, 0.2) is 0 Å². The minimum Gasteiger partial charge on any atom is -0.368 e. The highest BCUT2D eigenvalue weighted by Gasteiger charge is 2.47. The number of amides is 2. The molecule has 3 fully saturated rings. The van der Waals surface area contributed by atoms with Crippen molar-refractivity contribution >= 4 is 17.6 Å². The number of rotatable bonds is 4. The lowest BCUT2D eigenvalue weighted by Gasteiger charge is -2.54. The second-order valence-corrected chi connectivity index (χ2v) is 9.54. The molecule has 162 valence electrons. The summed E-state index contributed by atoms with van der Waals surface area (Å²) < 4.78 is 0. The highest BCUT2D eigenvalue weighted by Crippen LogP contribution is 2.39. The molecule has 2 bridgehead atoms. The summed E-state index contributed by atoms with van der Waals surface area (Å²) >= 11 is 0. The van der Waals surface area contributed by atoms with Crippen LogP contribution in [0.1, 0.15) is 67.3 Å². The predicted octanol–water partition coefficient (Wildman–Crippen LogP) is 1.29. The molecule has 0 aromatic carbocycles. The molecule has 1 aromatic rings. The van der Waals surface area contributed by atoms with E-state index < -0.39 is 0 Å². The van der Waals surface area contributed by atoms with Gasteiger partial charge >= 0.3 is 0 Å². The summed E-state index contributed by atoms with van der Waals surface area (Å²) in [5.41, 5.74) is 1.40. The van der Waals surface area contributed by atoms with Crippen LogP contribution in [0.3, 0.4) is 0 Å². The number of aromatic nitrogens is 2. The largest absolute Gasteiger partial charge is 0.368 e. The minimum absolute atomic E-state index is 0.119. The van der Waals surface area contributed by atoms with Gasteiger partial charge in [-0.25, -0.2) is 9.97 Å². The Kier molecular flexibility index (Phi) is 5.13. The van der Waals surface area contributed by atoms with Gasteiger partial charge in [0.25, 0.3) is 5.91 Å². The maximum atomic E-state index is 12.9. The molecule has 4 aliphatic heterocycles. The zero-order valence-corrected chi connectivity index (χ0v) is 17.9. The molecule has 4 aliphatic rings. The molecule has 8 nitrogen and oxygen atoms in total. The second kappa shape index (κ2) is 7.80. The van der Waals surface area contributed by atoms with Crippen molar-refractivity contribution in [3.63, 3.8) is 0 Å². The second-order valence-electron chi connectivity index (χ2n) is 9.54. The van der Waals surface area contributed by atoms with Crippen LogP contribution in [0.25, 0.3) is 0 Å². The standard InChI is InChI=1S/C22H32N6O2/c1-12(2)20-26-19-15(6-7-24-22(19)30)21(27-20)25-11-17-14-8-13(9-23-10-14)16-4-3-5-18(29)28(16)17/h12-14,16-17,23H,3-11H2,1-2H3,(H,24,30)(H,25,26,27)/t13-,14+,16+,17+/m1/s1. The molecule has 0 saturated carbocycles. The topological polar surface area (TPSA) is 99.2 Å². The van der Waals surface area contributed by atoms with Gasteiger partial charge in [0.1, 0.15) is 17.3 Å². The summed E-state index contributed by atoms with van der Waals surface area (Å²) in [7, 11) is 0. The number of carbonyl (C=O) groups is 2. The van der Waals surface area contributed by atoms with Gasteiger partial charge in [-0.15, -0.1) is 0 Å². The molecule has 8 heteroatoms. The molecule has 0 spiro atoms. The third-order valence-corrected chi connectivity index (χ3v) is 7.30. The highest BCUT2D eigenvalue weighted by molar-refractivity contribution is 5.96. The summed E-state index contributed by atoms with van der Waals surface area (Å²) in [6, 6.07) is 0.524. The summed E-state index contributed by atoms with van der Waals surface area (Å²) in [5.74, 6) is 2.81. The normalized spacial score (nSPS) is 30.6. The summed E-state index contributed by atoms with van der Waals surface area (Å²) in [5, 5.41) is 10.1. The molecule has 4 atom stereocenters. The molecule has 3 N–H and O–H groups in total. The van der Waals surface area contributed by atoms with Crippen LogP contribution in [-0.4, -0.2) is 64.9 Å². The molecular formula is C22H32N6O2. The number of piperidine rings is 3. The number of hydrogen-bond donors (Lipinski definition) is 3. The Balaban J connectivity index is 1.43. The van der Waals surface area contributed by atoms with Crippen molar-refractivity contribution < 1.29 is 9.59 Å². The Morgan fingerprint density at radius 3 is 2.83 bits per heavy atom. The van der Waals surface area contributed by atoms with Crippen LogP contribution < -0.4 is 16.0 Å². The van der Waals surface area contributed by atoms with E-state index in [0.717, 1.165) is 43.7 Å². The monoisotopic (exact) mass is 412 g/mol. The van der Waals surface area contributed by atoms with E-state index >= 15 is 0 Å². The zero-order chi connectivity index (χ0) is 20.8. The maximum absolute atomic E-state index is 12.9. The van der Waals surface area contributed by atoms with Crippen molar-refractivity contribution in [3.8, 4) is 0 Å². The van der Waals surface area contributed by atoms with E-state index in [9.17, 15) is 9.59 Å². The number of hydrogen-bond acceptors (Lipinski definition) is 6. The first-order valence-corrected chi connectivity index (χ1v) is 11.5. The van der Waals surface area contributed by atoms with Crippen LogP contribution in [0.4, 0.5) is 5.82 Å². The molecule has 0 radical (unpaired) electrons. The van der Waals surface area contributed by atoms with E-state index in [2.05, 4.69) is 25.8 Å². The lowest BCUT2D eigenvalue weighted by molar-refractivity contribution is -0.148. The molecule has 5 heterocycles. The molecular weight excluding hydrogens is 380 g/mol. The minimum atomic E-state index is -0.119. The van der Waals surface area contributed by atoms with Gasteiger partial charge in [0, 0.05) is 43.6 Å². The van der Waals surface area contributed by atoms with Crippen molar-refractivity contribution in [3.05, 3.63) is 17.1 Å². The van der Waals surface area contributed by atoms with Crippen molar-refractivity contribution in [2.75, 3.05) is 31.5 Å². The first kappa shape index (κ1) is 19.7. The predicted molar refractivity (Wildman–Crippen MR) is 113 cm³/mol. The third kappa shape index (κ3) is 3.35. The molecule has 2 amide bonds. The van der Waals surface area contributed by atoms with Crippen LogP contribution in [0, 0.1) is 11.8 Å². The molecule has 0 unspecified atom stereocenters. The first-order chi connectivity index (χ1) is 14.5. The molecule has 1 aromatic heterocycles. The van der Waals surface area contributed by atoms with E-state index in [0.29, 0.717) is 54.8 Å². The van der Waals surface area contributed by atoms with Crippen LogP contribution in [0.5, 0.6) is 0 Å². The number of carbonyl (C=O) groups excluding carboxylic acids is 2. The van der Waals surface area contributed by atoms with Gasteiger partial charge < -0.3 is 20.9 Å². The molecule has 5 rings (SSSR count). The number of nitrogens with one attached hydrogen (secondary N) is 3. The third-order valence-electron chi connectivity index (χ3n) is 7.30. The SMILES string of the molecule is CC(C)c1nc(NC[C@H]2[C@@H]3CNC[C@@H](C3)[C@@H]3CCCC(=O)N32)c2c(n1)C(=O)NCC2. The van der Waals surface area contributed by atoms with Gasteiger partial charge in [-0.05, 0) is 44.1 Å². The quantitative estimate of drug-likeness (QED) is 0.689. The van der Waals surface area contributed by atoms with Crippen LogP contribution in [0.15, 0.2) is 0 Å². The lowest BCUT2D eigenvalue weighted by Crippen LogP contribution is -2.66. The van der Waals surface area contributed by atoms with Gasteiger partial charge in [-0.2, -0.15) is 0 Å². The van der Waals surface area contributed by atoms with Crippen molar-refractivity contribution in [1.82, 2.24) is 25.5 Å². The fourth-order valence-corrected chi connectivity index (χ4v) is 5.81. The van der Waals surface area contributed by atoms with E-state index in [1.807, 2.05) is 13.8 Å². The molecule has 3 saturated heterocycles. The van der Waals surface area contributed by atoms with Gasteiger partial charge in [0.2, 0.25) is 5.91 Å². The fourth-order valence-electron chi connectivity index (χ4n) is 5.81. The van der Waals surface area contributed by atoms with E-state index in [1.54, 1.807) is 0 Å². The average Bonchev–Trinajstić information content (AvgIpc) is 2.74. The van der Waals surface area contributed by atoms with E-state index in [-0.39, 0.29) is 17.9 Å². The maximum Gasteiger partial charge on any atom is 0.270 e. The Morgan fingerprint density at radius 1 is 1.17 bits per heavy atom.